The zero-order chi connectivity index (χ0) is 17.1. The molecule has 1 unspecified atom stereocenters. The summed E-state index contributed by atoms with van der Waals surface area (Å²) in [6.07, 6.45) is 2.86. The Kier molecular flexibility index (Phi) is 5.45. The van der Waals surface area contributed by atoms with E-state index in [2.05, 4.69) is 39.3 Å². The zero-order valence-corrected chi connectivity index (χ0v) is 15.1. The van der Waals surface area contributed by atoms with E-state index in [1.165, 1.54) is 0 Å². The molecular formula is C16H29N7O. The summed E-state index contributed by atoms with van der Waals surface area (Å²) in [7, 11) is 4.00. The van der Waals surface area contributed by atoms with Gasteiger partial charge in [-0.2, -0.15) is 0 Å². The van der Waals surface area contributed by atoms with Gasteiger partial charge in [-0.15, -0.1) is 5.10 Å². The Morgan fingerprint density at radius 3 is 2.38 bits per heavy atom. The molecule has 3 rings (SSSR count). The highest BCUT2D eigenvalue weighted by atomic mass is 16.2. The number of piperazine rings is 1. The molecule has 2 aliphatic rings. The van der Waals surface area contributed by atoms with Crippen molar-refractivity contribution in [3.63, 3.8) is 0 Å². The number of carbonyl (C=O) groups is 1. The highest BCUT2D eigenvalue weighted by Crippen LogP contribution is 2.27. The second-order valence-corrected chi connectivity index (χ2v) is 7.20. The van der Waals surface area contributed by atoms with E-state index in [-0.39, 0.29) is 6.04 Å². The van der Waals surface area contributed by atoms with E-state index in [4.69, 9.17) is 0 Å². The van der Waals surface area contributed by atoms with Gasteiger partial charge in [0.1, 0.15) is 0 Å². The van der Waals surface area contributed by atoms with Gasteiger partial charge in [-0.1, -0.05) is 0 Å². The van der Waals surface area contributed by atoms with Crippen LogP contribution in [0.2, 0.25) is 0 Å². The van der Waals surface area contributed by atoms with Crippen LogP contribution in [-0.4, -0.2) is 87.1 Å². The van der Waals surface area contributed by atoms with Crippen molar-refractivity contribution in [2.75, 3.05) is 46.3 Å². The number of rotatable bonds is 4. The molecule has 1 aromatic rings. The van der Waals surface area contributed by atoms with E-state index in [0.29, 0.717) is 18.2 Å². The summed E-state index contributed by atoms with van der Waals surface area (Å²) < 4.78 is 1.74. The van der Waals surface area contributed by atoms with Crippen molar-refractivity contribution in [3.05, 3.63) is 5.82 Å². The van der Waals surface area contributed by atoms with E-state index >= 15 is 0 Å². The molecule has 8 heteroatoms. The largest absolute Gasteiger partial charge is 0.340 e. The Balaban J connectivity index is 1.45. The van der Waals surface area contributed by atoms with Crippen molar-refractivity contribution < 1.29 is 4.79 Å². The molecule has 0 spiro atoms. The second kappa shape index (κ2) is 7.57. The van der Waals surface area contributed by atoms with Gasteiger partial charge in [0.15, 0.2) is 5.82 Å². The molecule has 1 amide bonds. The van der Waals surface area contributed by atoms with Crippen LogP contribution in [0, 0.1) is 5.92 Å². The van der Waals surface area contributed by atoms with Gasteiger partial charge in [0.25, 0.3) is 0 Å². The molecule has 0 N–H and O–H groups in total. The molecule has 0 saturated carbocycles. The molecule has 2 fully saturated rings. The third kappa shape index (κ3) is 3.92. The first kappa shape index (κ1) is 17.3. The number of piperidine rings is 1. The lowest BCUT2D eigenvalue weighted by Crippen LogP contribution is -2.48. The summed E-state index contributed by atoms with van der Waals surface area (Å²) >= 11 is 0. The SMILES string of the molecule is CC(c1nnnn1C)N1CCC(CC(=O)N2CCN(C)CC2)CC1. The van der Waals surface area contributed by atoms with Gasteiger partial charge in [0.2, 0.25) is 5.91 Å². The Bertz CT molecular complexity index is 544. The van der Waals surface area contributed by atoms with Crippen molar-refractivity contribution >= 4 is 5.91 Å². The fourth-order valence-electron chi connectivity index (χ4n) is 3.73. The number of likely N-dealkylation sites (tertiary alicyclic amines) is 1. The molecule has 1 aromatic heterocycles. The van der Waals surface area contributed by atoms with E-state index in [0.717, 1.165) is 57.9 Å². The van der Waals surface area contributed by atoms with E-state index in [1.807, 2.05) is 11.9 Å². The van der Waals surface area contributed by atoms with E-state index < -0.39 is 0 Å². The number of hydrogen-bond acceptors (Lipinski definition) is 6. The van der Waals surface area contributed by atoms with Crippen molar-refractivity contribution in [1.29, 1.82) is 0 Å². The average Bonchev–Trinajstić information content (AvgIpc) is 3.01. The van der Waals surface area contributed by atoms with Crippen LogP contribution in [0.25, 0.3) is 0 Å². The fraction of sp³-hybridized carbons (Fsp3) is 0.875. The number of tetrazole rings is 1. The van der Waals surface area contributed by atoms with Crippen LogP contribution in [-0.2, 0) is 11.8 Å². The maximum Gasteiger partial charge on any atom is 0.222 e. The number of aromatic nitrogens is 4. The Morgan fingerprint density at radius 1 is 1.12 bits per heavy atom. The predicted molar refractivity (Wildman–Crippen MR) is 90.2 cm³/mol. The maximum atomic E-state index is 12.5. The predicted octanol–water partition coefficient (Wildman–Crippen LogP) is 0.147. The zero-order valence-electron chi connectivity index (χ0n) is 15.1. The van der Waals surface area contributed by atoms with Crippen LogP contribution in [0.1, 0.15) is 38.1 Å². The molecule has 0 radical (unpaired) electrons. The highest BCUT2D eigenvalue weighted by molar-refractivity contribution is 5.76. The average molecular weight is 335 g/mol. The third-order valence-electron chi connectivity index (χ3n) is 5.54. The first-order valence-corrected chi connectivity index (χ1v) is 8.97. The standard InChI is InChI=1S/C16H29N7O/c1-13(16-17-18-19-21(16)3)22-6-4-14(5-7-22)12-15(24)23-10-8-20(2)9-11-23/h13-14H,4-12H2,1-3H3. The normalized spacial score (nSPS) is 22.7. The molecule has 2 aliphatic heterocycles. The van der Waals surface area contributed by atoms with Crippen molar-refractivity contribution in [1.82, 2.24) is 34.9 Å². The van der Waals surface area contributed by atoms with Crippen LogP contribution < -0.4 is 0 Å². The van der Waals surface area contributed by atoms with Gasteiger partial charge in [-0.05, 0) is 56.2 Å². The second-order valence-electron chi connectivity index (χ2n) is 7.20. The van der Waals surface area contributed by atoms with Gasteiger partial charge in [0.05, 0.1) is 6.04 Å². The van der Waals surface area contributed by atoms with Crippen molar-refractivity contribution in [3.8, 4) is 0 Å². The molecule has 3 heterocycles. The van der Waals surface area contributed by atoms with Gasteiger partial charge in [0, 0.05) is 39.6 Å². The molecule has 2 saturated heterocycles. The topological polar surface area (TPSA) is 70.4 Å². The van der Waals surface area contributed by atoms with Crippen molar-refractivity contribution in [2.24, 2.45) is 13.0 Å². The lowest BCUT2D eigenvalue weighted by Gasteiger charge is -2.37. The van der Waals surface area contributed by atoms with Crippen molar-refractivity contribution in [2.45, 2.75) is 32.2 Å². The molecule has 0 aromatic carbocycles. The lowest BCUT2D eigenvalue weighted by molar-refractivity contribution is -0.134. The highest BCUT2D eigenvalue weighted by Gasteiger charge is 2.28. The Hall–Kier alpha value is -1.54. The van der Waals surface area contributed by atoms with Crippen LogP contribution in [0.4, 0.5) is 0 Å². The lowest BCUT2D eigenvalue weighted by atomic mass is 9.92. The van der Waals surface area contributed by atoms with E-state index in [9.17, 15) is 4.79 Å². The molecular weight excluding hydrogens is 306 g/mol. The van der Waals surface area contributed by atoms with Gasteiger partial charge < -0.3 is 9.80 Å². The number of amides is 1. The third-order valence-corrected chi connectivity index (χ3v) is 5.54. The maximum absolute atomic E-state index is 12.5. The fourth-order valence-corrected chi connectivity index (χ4v) is 3.73. The molecule has 0 bridgehead atoms. The van der Waals surface area contributed by atoms with Gasteiger partial charge in [-0.25, -0.2) is 4.68 Å². The first-order valence-electron chi connectivity index (χ1n) is 8.97. The smallest absolute Gasteiger partial charge is 0.222 e. The minimum absolute atomic E-state index is 0.222. The molecule has 134 valence electrons. The van der Waals surface area contributed by atoms with Crippen LogP contribution in [0.5, 0.6) is 0 Å². The summed E-state index contributed by atoms with van der Waals surface area (Å²) in [6, 6.07) is 0.222. The number of likely N-dealkylation sites (N-methyl/N-ethyl adjacent to an activating group) is 1. The summed E-state index contributed by atoms with van der Waals surface area (Å²) in [4.78, 5) is 19.2. The minimum atomic E-state index is 0.222. The number of nitrogens with zero attached hydrogens (tertiary/aromatic N) is 7. The quantitative estimate of drug-likeness (QED) is 0.780. The molecule has 24 heavy (non-hydrogen) atoms. The van der Waals surface area contributed by atoms with Crippen LogP contribution in [0.3, 0.4) is 0 Å². The molecule has 0 aliphatic carbocycles. The summed E-state index contributed by atoms with van der Waals surface area (Å²) in [5.41, 5.74) is 0. The Labute approximate surface area is 143 Å². The number of aryl methyl sites for hydroxylation is 1. The molecule has 1 atom stereocenters. The number of hydrogen-bond donors (Lipinski definition) is 0. The van der Waals surface area contributed by atoms with Crippen LogP contribution >= 0.6 is 0 Å². The van der Waals surface area contributed by atoms with Crippen LogP contribution in [0.15, 0.2) is 0 Å². The van der Waals surface area contributed by atoms with Gasteiger partial charge in [-0.3, -0.25) is 9.69 Å². The monoisotopic (exact) mass is 335 g/mol. The Morgan fingerprint density at radius 2 is 1.79 bits per heavy atom. The first-order chi connectivity index (χ1) is 11.5. The number of carbonyl (C=O) groups excluding carboxylic acids is 1. The summed E-state index contributed by atoms with van der Waals surface area (Å²) in [5, 5.41) is 11.8. The summed E-state index contributed by atoms with van der Waals surface area (Å²) in [5.74, 6) is 1.76. The van der Waals surface area contributed by atoms with Gasteiger partial charge >= 0.3 is 0 Å². The molecule has 8 nitrogen and oxygen atoms in total. The minimum Gasteiger partial charge on any atom is -0.340 e. The van der Waals surface area contributed by atoms with E-state index in [1.54, 1.807) is 4.68 Å². The summed E-state index contributed by atoms with van der Waals surface area (Å²) in [6.45, 7) is 7.92.